The molecule has 2 fully saturated rings. The number of anilines is 1. The van der Waals surface area contributed by atoms with Gasteiger partial charge in [0.25, 0.3) is 0 Å². The SMILES string of the molecule is CN(C)C(=O)CS(=O)(=O)C1CCN(C(Cl)c2cc3ncnc(N4CCOCC4)c3s2)CC1. The van der Waals surface area contributed by atoms with E-state index >= 15 is 0 Å². The Morgan fingerprint density at radius 2 is 1.94 bits per heavy atom. The lowest BCUT2D eigenvalue weighted by molar-refractivity contribution is -0.125. The number of fused-ring (bicyclic) bond motifs is 1. The molecule has 0 N–H and O–H groups in total. The first-order chi connectivity index (χ1) is 15.3. The third-order valence-electron chi connectivity index (χ3n) is 5.99. The Morgan fingerprint density at radius 3 is 2.59 bits per heavy atom. The van der Waals surface area contributed by atoms with Gasteiger partial charge in [0.1, 0.15) is 23.4 Å². The molecule has 1 unspecified atom stereocenters. The van der Waals surface area contributed by atoms with Crippen molar-refractivity contribution in [1.82, 2.24) is 19.8 Å². The molecule has 0 spiro atoms. The number of hydrogen-bond acceptors (Lipinski definition) is 9. The second-order valence-electron chi connectivity index (χ2n) is 8.33. The maximum absolute atomic E-state index is 12.6. The molecule has 2 aromatic heterocycles. The van der Waals surface area contributed by atoms with Crippen LogP contribution in [-0.4, -0.2) is 98.6 Å². The van der Waals surface area contributed by atoms with Gasteiger partial charge in [-0.25, -0.2) is 18.4 Å². The number of piperidine rings is 1. The van der Waals surface area contributed by atoms with Gasteiger partial charge in [0.2, 0.25) is 5.91 Å². The largest absolute Gasteiger partial charge is 0.378 e. The Bertz CT molecular complexity index is 1060. The first-order valence-electron chi connectivity index (χ1n) is 10.6. The fourth-order valence-electron chi connectivity index (χ4n) is 4.04. The van der Waals surface area contributed by atoms with Crippen LogP contribution in [0.3, 0.4) is 0 Å². The van der Waals surface area contributed by atoms with Crippen molar-refractivity contribution < 1.29 is 17.9 Å². The number of morpholine rings is 1. The number of likely N-dealkylation sites (tertiary alicyclic amines) is 1. The van der Waals surface area contributed by atoms with Crippen LogP contribution >= 0.6 is 22.9 Å². The molecule has 2 aliphatic heterocycles. The summed E-state index contributed by atoms with van der Waals surface area (Å²) >= 11 is 8.41. The van der Waals surface area contributed by atoms with Gasteiger partial charge in [0, 0.05) is 45.2 Å². The van der Waals surface area contributed by atoms with Gasteiger partial charge < -0.3 is 14.5 Å². The number of carbonyl (C=O) groups excluding carboxylic acids is 1. The molecule has 0 bridgehead atoms. The zero-order valence-electron chi connectivity index (χ0n) is 18.2. The minimum Gasteiger partial charge on any atom is -0.378 e. The molecule has 12 heteroatoms. The van der Waals surface area contributed by atoms with Crippen molar-refractivity contribution in [2.24, 2.45) is 0 Å². The van der Waals surface area contributed by atoms with Crippen LogP contribution in [0.4, 0.5) is 5.82 Å². The Kier molecular flexibility index (Phi) is 7.21. The monoisotopic (exact) mass is 501 g/mol. The van der Waals surface area contributed by atoms with Gasteiger partial charge in [-0.3, -0.25) is 9.69 Å². The summed E-state index contributed by atoms with van der Waals surface area (Å²) in [7, 11) is -0.337. The zero-order valence-corrected chi connectivity index (χ0v) is 20.6. The topological polar surface area (TPSA) is 95.9 Å². The van der Waals surface area contributed by atoms with Gasteiger partial charge in [-0.15, -0.1) is 11.3 Å². The van der Waals surface area contributed by atoms with Crippen molar-refractivity contribution in [1.29, 1.82) is 0 Å². The second kappa shape index (κ2) is 9.76. The normalized spacial score (nSPS) is 19.9. The Balaban J connectivity index is 1.44. The van der Waals surface area contributed by atoms with E-state index in [2.05, 4.69) is 19.8 Å². The first-order valence-corrected chi connectivity index (χ1v) is 13.6. The van der Waals surface area contributed by atoms with Crippen molar-refractivity contribution >= 4 is 54.7 Å². The number of thiophene rings is 1. The molecule has 2 aliphatic rings. The summed E-state index contributed by atoms with van der Waals surface area (Å²) in [5, 5.41) is -0.507. The van der Waals surface area contributed by atoms with Crippen LogP contribution in [0, 0.1) is 0 Å². The van der Waals surface area contributed by atoms with Gasteiger partial charge in [0.15, 0.2) is 9.84 Å². The van der Waals surface area contributed by atoms with Crippen LogP contribution in [0.25, 0.3) is 10.2 Å². The minimum atomic E-state index is -3.47. The summed E-state index contributed by atoms with van der Waals surface area (Å²) in [5.74, 6) is 0.0905. The summed E-state index contributed by atoms with van der Waals surface area (Å²) in [5.41, 5.74) is 0.505. The summed E-state index contributed by atoms with van der Waals surface area (Å²) < 4.78 is 31.7. The maximum atomic E-state index is 12.6. The van der Waals surface area contributed by atoms with Crippen molar-refractivity contribution in [3.63, 3.8) is 0 Å². The van der Waals surface area contributed by atoms with E-state index in [-0.39, 0.29) is 11.4 Å². The van der Waals surface area contributed by atoms with Crippen LogP contribution in [-0.2, 0) is 19.4 Å². The van der Waals surface area contributed by atoms with Crippen molar-refractivity contribution in [3.05, 3.63) is 17.3 Å². The highest BCUT2D eigenvalue weighted by atomic mass is 35.5. The fourth-order valence-corrected chi connectivity index (χ4v) is 7.34. The Hall–Kier alpha value is -1.53. The lowest BCUT2D eigenvalue weighted by Crippen LogP contribution is -2.42. The molecule has 32 heavy (non-hydrogen) atoms. The number of sulfone groups is 1. The van der Waals surface area contributed by atoms with Crippen molar-refractivity contribution in [3.8, 4) is 0 Å². The molecule has 176 valence electrons. The average molecular weight is 502 g/mol. The fraction of sp³-hybridized carbons (Fsp3) is 0.650. The molecule has 2 saturated heterocycles. The molecular weight excluding hydrogens is 474 g/mol. The second-order valence-corrected chi connectivity index (χ2v) is 12.1. The van der Waals surface area contributed by atoms with Crippen LogP contribution in [0.15, 0.2) is 12.4 Å². The summed E-state index contributed by atoms with van der Waals surface area (Å²) in [4.78, 5) is 27.4. The first kappa shape index (κ1) is 23.6. The van der Waals surface area contributed by atoms with Crippen molar-refractivity contribution in [2.75, 3.05) is 64.1 Å². The third-order valence-corrected chi connectivity index (χ3v) is 9.93. The standard InChI is InChI=1S/C20H28ClN5O4S2/c1-24(2)17(27)12-32(28,29)14-3-5-25(6-4-14)19(21)16-11-15-18(31-16)20(23-13-22-15)26-7-9-30-10-8-26/h11,13-14,19H,3-10,12H2,1-2H3. The molecule has 1 amide bonds. The smallest absolute Gasteiger partial charge is 0.237 e. The van der Waals surface area contributed by atoms with E-state index in [1.54, 1.807) is 31.8 Å². The molecule has 4 rings (SSSR count). The van der Waals surface area contributed by atoms with Gasteiger partial charge in [-0.1, -0.05) is 11.6 Å². The highest BCUT2D eigenvalue weighted by Gasteiger charge is 2.34. The number of amides is 1. The van der Waals surface area contributed by atoms with Crippen LogP contribution in [0.1, 0.15) is 23.2 Å². The molecule has 0 aromatic carbocycles. The summed E-state index contributed by atoms with van der Waals surface area (Å²) in [6.07, 6.45) is 2.52. The van der Waals surface area contributed by atoms with Gasteiger partial charge in [-0.2, -0.15) is 0 Å². The number of ether oxygens (including phenoxy) is 1. The number of aromatic nitrogens is 2. The molecule has 4 heterocycles. The number of rotatable bonds is 6. The van der Waals surface area contributed by atoms with Gasteiger partial charge >= 0.3 is 0 Å². The molecular formula is C20H28ClN5O4S2. The molecule has 2 aromatic rings. The quantitative estimate of drug-likeness (QED) is 0.436. The predicted molar refractivity (Wildman–Crippen MR) is 126 cm³/mol. The minimum absolute atomic E-state index is 0.362. The van der Waals surface area contributed by atoms with Crippen LogP contribution in [0.2, 0.25) is 0 Å². The van der Waals surface area contributed by atoms with E-state index in [9.17, 15) is 13.2 Å². The molecule has 1 atom stereocenters. The highest BCUT2D eigenvalue weighted by Crippen LogP contribution is 2.39. The average Bonchev–Trinajstić information content (AvgIpc) is 3.23. The Morgan fingerprint density at radius 1 is 1.25 bits per heavy atom. The van der Waals surface area contributed by atoms with E-state index in [1.165, 1.54) is 4.90 Å². The zero-order chi connectivity index (χ0) is 22.9. The van der Waals surface area contributed by atoms with E-state index in [1.807, 2.05) is 6.07 Å². The van der Waals surface area contributed by atoms with Gasteiger partial charge in [-0.05, 0) is 18.9 Å². The maximum Gasteiger partial charge on any atom is 0.237 e. The molecule has 0 saturated carbocycles. The third kappa shape index (κ3) is 5.01. The van der Waals surface area contributed by atoms with E-state index in [0.29, 0.717) is 39.1 Å². The van der Waals surface area contributed by atoms with Crippen molar-refractivity contribution in [2.45, 2.75) is 23.6 Å². The van der Waals surface area contributed by atoms with Gasteiger partial charge in [0.05, 0.1) is 28.7 Å². The molecule has 9 nitrogen and oxygen atoms in total. The number of carbonyl (C=O) groups is 1. The van der Waals surface area contributed by atoms with E-state index < -0.39 is 20.8 Å². The van der Waals surface area contributed by atoms with Crippen LogP contribution in [0.5, 0.6) is 0 Å². The predicted octanol–water partition coefficient (Wildman–Crippen LogP) is 1.73. The highest BCUT2D eigenvalue weighted by molar-refractivity contribution is 7.92. The molecule has 0 aliphatic carbocycles. The Labute approximate surface area is 197 Å². The number of halogens is 1. The summed E-state index contributed by atoms with van der Waals surface area (Å²) in [6.45, 7) is 4.07. The number of hydrogen-bond donors (Lipinski definition) is 0. The van der Waals surface area contributed by atoms with E-state index in [4.69, 9.17) is 16.3 Å². The lowest BCUT2D eigenvalue weighted by Gasteiger charge is -2.34. The lowest BCUT2D eigenvalue weighted by atomic mass is 10.1. The molecule has 0 radical (unpaired) electrons. The number of nitrogens with zero attached hydrogens (tertiary/aromatic N) is 5. The van der Waals surface area contributed by atoms with Crippen LogP contribution < -0.4 is 4.90 Å². The number of alkyl halides is 1. The summed E-state index contributed by atoms with van der Waals surface area (Å²) in [6, 6.07) is 2.00. The van der Waals surface area contributed by atoms with E-state index in [0.717, 1.165) is 34.0 Å².